The molecule has 1 unspecified atom stereocenters. The van der Waals surface area contributed by atoms with Gasteiger partial charge in [0.1, 0.15) is 5.75 Å². The highest BCUT2D eigenvalue weighted by atomic mass is 32.2. The van der Waals surface area contributed by atoms with Crippen molar-refractivity contribution in [1.29, 1.82) is 0 Å². The average molecular weight is 237 g/mol. The summed E-state index contributed by atoms with van der Waals surface area (Å²) in [6.45, 7) is 4.35. The summed E-state index contributed by atoms with van der Waals surface area (Å²) in [6, 6.07) is 4.02. The van der Waals surface area contributed by atoms with Crippen molar-refractivity contribution in [2.45, 2.75) is 43.0 Å². The molecule has 1 aliphatic carbocycles. The van der Waals surface area contributed by atoms with Gasteiger partial charge in [-0.2, -0.15) is 0 Å². The molecule has 0 saturated carbocycles. The number of thioether (sulfide) groups is 1. The first-order valence-corrected chi connectivity index (χ1v) is 6.86. The average Bonchev–Trinajstić information content (AvgIpc) is 2.24. The summed E-state index contributed by atoms with van der Waals surface area (Å²) in [5.74, 6) is 0.383. The van der Waals surface area contributed by atoms with E-state index in [-0.39, 0.29) is 11.5 Å². The number of phenolic OH excluding ortho intramolecular Hbond substituents is 1. The second-order valence-corrected chi connectivity index (χ2v) is 5.84. The molecule has 0 aliphatic heterocycles. The highest BCUT2D eigenvalue weighted by Crippen LogP contribution is 2.44. The van der Waals surface area contributed by atoms with Gasteiger partial charge in [0, 0.05) is 11.5 Å². The smallest absolute Gasteiger partial charge is 0.129 e. The fourth-order valence-corrected chi connectivity index (χ4v) is 3.47. The number of phenols is 1. The van der Waals surface area contributed by atoms with Gasteiger partial charge in [-0.3, -0.25) is 0 Å². The Balaban J connectivity index is 2.67. The number of aromatic hydroxyl groups is 1. The van der Waals surface area contributed by atoms with Gasteiger partial charge in [-0.15, -0.1) is 11.8 Å². The summed E-state index contributed by atoms with van der Waals surface area (Å²) in [4.78, 5) is 0.998. The normalized spacial score (nSPS) is 22.9. The Morgan fingerprint density at radius 2 is 2.12 bits per heavy atom. The summed E-state index contributed by atoms with van der Waals surface area (Å²) in [5.41, 5.74) is 8.75. The molecule has 3 heteroatoms. The maximum atomic E-state index is 9.92. The van der Waals surface area contributed by atoms with Crippen LogP contribution in [0.5, 0.6) is 5.75 Å². The van der Waals surface area contributed by atoms with E-state index in [1.54, 1.807) is 17.8 Å². The van der Waals surface area contributed by atoms with Crippen LogP contribution < -0.4 is 5.73 Å². The SMILES string of the molecule is CSc1c(O)ccc2c1C(C)(C)C(N)CC2. The zero-order valence-corrected chi connectivity index (χ0v) is 10.9. The van der Waals surface area contributed by atoms with E-state index < -0.39 is 0 Å². The number of aryl methyl sites for hydroxylation is 1. The van der Waals surface area contributed by atoms with Crippen molar-refractivity contribution >= 4 is 11.8 Å². The Labute approximate surface area is 101 Å². The minimum atomic E-state index is -0.0509. The molecule has 0 saturated heterocycles. The number of benzene rings is 1. The van der Waals surface area contributed by atoms with E-state index in [1.165, 1.54) is 11.1 Å². The van der Waals surface area contributed by atoms with Gasteiger partial charge in [-0.05, 0) is 36.3 Å². The number of hydrogen-bond acceptors (Lipinski definition) is 3. The second kappa shape index (κ2) is 3.97. The van der Waals surface area contributed by atoms with Gasteiger partial charge in [0.25, 0.3) is 0 Å². The molecule has 1 atom stereocenters. The van der Waals surface area contributed by atoms with Crippen LogP contribution in [0.3, 0.4) is 0 Å². The molecule has 2 rings (SSSR count). The zero-order valence-electron chi connectivity index (χ0n) is 10.1. The van der Waals surface area contributed by atoms with Crippen LogP contribution in [0.25, 0.3) is 0 Å². The lowest BCUT2D eigenvalue weighted by atomic mass is 9.69. The van der Waals surface area contributed by atoms with E-state index in [1.807, 2.05) is 12.3 Å². The van der Waals surface area contributed by atoms with Crippen molar-refractivity contribution in [3.8, 4) is 5.75 Å². The van der Waals surface area contributed by atoms with Crippen molar-refractivity contribution in [3.63, 3.8) is 0 Å². The minimum Gasteiger partial charge on any atom is -0.507 e. The fraction of sp³-hybridized carbons (Fsp3) is 0.538. The molecule has 0 spiro atoms. The third-order valence-corrected chi connectivity index (χ3v) is 4.54. The molecule has 0 heterocycles. The Bertz CT molecular complexity index is 415. The third-order valence-electron chi connectivity index (χ3n) is 3.72. The Hall–Kier alpha value is -0.670. The maximum Gasteiger partial charge on any atom is 0.129 e. The van der Waals surface area contributed by atoms with Crippen LogP contribution in [-0.4, -0.2) is 17.4 Å². The van der Waals surface area contributed by atoms with Crippen molar-refractivity contribution in [1.82, 2.24) is 0 Å². The number of fused-ring (bicyclic) bond motifs is 1. The maximum absolute atomic E-state index is 9.92. The first kappa shape index (κ1) is 11.8. The molecule has 88 valence electrons. The lowest BCUT2D eigenvalue weighted by Gasteiger charge is -2.39. The molecule has 3 N–H and O–H groups in total. The van der Waals surface area contributed by atoms with Gasteiger partial charge in [0.2, 0.25) is 0 Å². The predicted octanol–water partition coefficient (Wildman–Crippen LogP) is 2.67. The van der Waals surface area contributed by atoms with Gasteiger partial charge in [-0.1, -0.05) is 19.9 Å². The van der Waals surface area contributed by atoms with Crippen LogP contribution >= 0.6 is 11.8 Å². The summed E-state index contributed by atoms with van der Waals surface area (Å²) >= 11 is 1.61. The van der Waals surface area contributed by atoms with Gasteiger partial charge in [0.15, 0.2) is 0 Å². The van der Waals surface area contributed by atoms with E-state index in [0.717, 1.165) is 17.7 Å². The fourth-order valence-electron chi connectivity index (χ4n) is 2.59. The van der Waals surface area contributed by atoms with Crippen LogP contribution in [0, 0.1) is 0 Å². The monoisotopic (exact) mass is 237 g/mol. The molecule has 1 aromatic carbocycles. The largest absolute Gasteiger partial charge is 0.507 e. The lowest BCUT2D eigenvalue weighted by molar-refractivity contribution is 0.352. The summed E-state index contributed by atoms with van der Waals surface area (Å²) in [6.07, 6.45) is 4.05. The van der Waals surface area contributed by atoms with Gasteiger partial charge in [0.05, 0.1) is 4.90 Å². The molecule has 1 aromatic rings. The van der Waals surface area contributed by atoms with Crippen molar-refractivity contribution in [2.24, 2.45) is 5.73 Å². The number of hydrogen-bond donors (Lipinski definition) is 2. The Morgan fingerprint density at radius 1 is 1.44 bits per heavy atom. The highest BCUT2D eigenvalue weighted by Gasteiger charge is 2.36. The van der Waals surface area contributed by atoms with Crippen molar-refractivity contribution in [3.05, 3.63) is 23.3 Å². The number of rotatable bonds is 1. The molecule has 2 nitrogen and oxygen atoms in total. The van der Waals surface area contributed by atoms with E-state index in [2.05, 4.69) is 13.8 Å². The zero-order chi connectivity index (χ0) is 11.9. The molecule has 0 fully saturated rings. The summed E-state index contributed by atoms with van der Waals surface area (Å²) in [5, 5.41) is 9.92. The predicted molar refractivity (Wildman–Crippen MR) is 69.2 cm³/mol. The van der Waals surface area contributed by atoms with Gasteiger partial charge < -0.3 is 10.8 Å². The van der Waals surface area contributed by atoms with Crippen LogP contribution in [0.1, 0.15) is 31.4 Å². The third kappa shape index (κ3) is 1.62. The van der Waals surface area contributed by atoms with Crippen molar-refractivity contribution in [2.75, 3.05) is 6.26 Å². The quantitative estimate of drug-likeness (QED) is 0.738. The molecule has 16 heavy (non-hydrogen) atoms. The number of nitrogens with two attached hydrogens (primary N) is 1. The Kier molecular flexibility index (Phi) is 2.93. The van der Waals surface area contributed by atoms with Crippen LogP contribution in [0.15, 0.2) is 17.0 Å². The van der Waals surface area contributed by atoms with Gasteiger partial charge in [-0.25, -0.2) is 0 Å². The topological polar surface area (TPSA) is 46.2 Å². The molecule has 0 aromatic heterocycles. The van der Waals surface area contributed by atoms with E-state index in [9.17, 15) is 5.11 Å². The van der Waals surface area contributed by atoms with E-state index >= 15 is 0 Å². The first-order chi connectivity index (χ1) is 7.48. The minimum absolute atomic E-state index is 0.0509. The molecule has 0 radical (unpaired) electrons. The molecule has 0 bridgehead atoms. The van der Waals surface area contributed by atoms with Crippen LogP contribution in [-0.2, 0) is 11.8 Å². The Morgan fingerprint density at radius 3 is 2.75 bits per heavy atom. The summed E-state index contributed by atoms with van der Waals surface area (Å²) in [7, 11) is 0. The molecular formula is C13H19NOS. The molecular weight excluding hydrogens is 218 g/mol. The second-order valence-electron chi connectivity index (χ2n) is 5.02. The van der Waals surface area contributed by atoms with E-state index in [4.69, 9.17) is 5.73 Å². The highest BCUT2D eigenvalue weighted by molar-refractivity contribution is 7.98. The molecule has 1 aliphatic rings. The van der Waals surface area contributed by atoms with Crippen LogP contribution in [0.2, 0.25) is 0 Å². The van der Waals surface area contributed by atoms with Crippen molar-refractivity contribution < 1.29 is 5.11 Å². The van der Waals surface area contributed by atoms with Gasteiger partial charge >= 0.3 is 0 Å². The van der Waals surface area contributed by atoms with E-state index in [0.29, 0.717) is 5.75 Å². The first-order valence-electron chi connectivity index (χ1n) is 5.63. The lowest BCUT2D eigenvalue weighted by Crippen LogP contribution is -2.45. The summed E-state index contributed by atoms with van der Waals surface area (Å²) < 4.78 is 0. The standard InChI is InChI=1S/C13H19NOS/c1-13(2)10(14)7-5-8-4-6-9(15)12(16-3)11(8)13/h4,6,10,15H,5,7,14H2,1-3H3. The molecule has 0 amide bonds. The van der Waals surface area contributed by atoms with Crippen LogP contribution in [0.4, 0.5) is 0 Å².